The van der Waals surface area contributed by atoms with E-state index in [0.29, 0.717) is 0 Å². The van der Waals surface area contributed by atoms with Gasteiger partial charge in [0.15, 0.2) is 0 Å². The van der Waals surface area contributed by atoms with Crippen molar-refractivity contribution in [2.45, 2.75) is 76.3 Å². The largest absolute Gasteiger partial charge is 0.340 e. The molecule has 3 rings (SSSR count). The standard InChI is InChI=1S/C16H26N2O2/c1-2-13(10-12-6-7-12)18-11-14(19)17-16(15(18)20)8-4-3-5-9-16/h12-13H,2-11H2,1H3,(H,17,19). The van der Waals surface area contributed by atoms with Crippen LogP contribution >= 0.6 is 0 Å². The molecule has 1 saturated heterocycles. The number of hydrogen-bond acceptors (Lipinski definition) is 2. The van der Waals surface area contributed by atoms with Gasteiger partial charge in [-0.05, 0) is 31.6 Å². The number of piperazine rings is 1. The number of amides is 2. The quantitative estimate of drug-likeness (QED) is 0.857. The lowest BCUT2D eigenvalue weighted by molar-refractivity contribution is -0.154. The van der Waals surface area contributed by atoms with Gasteiger partial charge in [0.1, 0.15) is 5.54 Å². The monoisotopic (exact) mass is 278 g/mol. The van der Waals surface area contributed by atoms with Crippen LogP contribution in [0.4, 0.5) is 0 Å². The SMILES string of the molecule is CCC(CC1CC1)N1CC(=O)NC2(CCCCC2)C1=O. The van der Waals surface area contributed by atoms with E-state index in [-0.39, 0.29) is 24.4 Å². The van der Waals surface area contributed by atoms with Crippen LogP contribution in [0.5, 0.6) is 0 Å². The van der Waals surface area contributed by atoms with E-state index in [0.717, 1.165) is 44.4 Å². The maximum Gasteiger partial charge on any atom is 0.249 e. The Morgan fingerprint density at radius 3 is 2.55 bits per heavy atom. The summed E-state index contributed by atoms with van der Waals surface area (Å²) in [5.74, 6) is 1.03. The number of carbonyl (C=O) groups excluding carboxylic acids is 2. The normalized spacial score (nSPS) is 27.6. The molecule has 1 atom stereocenters. The third-order valence-electron chi connectivity index (χ3n) is 5.28. The lowest BCUT2D eigenvalue weighted by atomic mass is 9.78. The third kappa shape index (κ3) is 2.57. The van der Waals surface area contributed by atoms with Gasteiger partial charge in [0.05, 0.1) is 6.54 Å². The summed E-state index contributed by atoms with van der Waals surface area (Å²) in [7, 11) is 0. The Labute approximate surface area is 121 Å². The molecule has 1 heterocycles. The molecule has 2 aliphatic carbocycles. The van der Waals surface area contributed by atoms with Gasteiger partial charge in [-0.3, -0.25) is 9.59 Å². The second-order valence-corrected chi connectivity index (χ2v) is 6.87. The number of nitrogens with one attached hydrogen (secondary N) is 1. The lowest BCUT2D eigenvalue weighted by Crippen LogP contribution is -2.68. The molecular formula is C16H26N2O2. The van der Waals surface area contributed by atoms with Gasteiger partial charge in [-0.25, -0.2) is 0 Å². The predicted molar refractivity (Wildman–Crippen MR) is 77.1 cm³/mol. The first-order valence-corrected chi connectivity index (χ1v) is 8.27. The molecule has 0 aromatic heterocycles. The van der Waals surface area contributed by atoms with Crippen molar-refractivity contribution >= 4 is 11.8 Å². The van der Waals surface area contributed by atoms with E-state index in [1.54, 1.807) is 0 Å². The van der Waals surface area contributed by atoms with Crippen molar-refractivity contribution in [3.63, 3.8) is 0 Å². The molecule has 1 N–H and O–H groups in total. The molecule has 0 aromatic rings. The van der Waals surface area contributed by atoms with Crippen molar-refractivity contribution in [3.05, 3.63) is 0 Å². The summed E-state index contributed by atoms with van der Waals surface area (Å²) in [4.78, 5) is 27.0. The van der Waals surface area contributed by atoms with Crippen LogP contribution in [0.1, 0.15) is 64.7 Å². The molecule has 0 aromatic carbocycles. The van der Waals surface area contributed by atoms with Crippen LogP contribution in [-0.2, 0) is 9.59 Å². The molecule has 4 nitrogen and oxygen atoms in total. The Hall–Kier alpha value is -1.06. The molecule has 1 unspecified atom stereocenters. The predicted octanol–water partition coefficient (Wildman–Crippen LogP) is 2.23. The van der Waals surface area contributed by atoms with Gasteiger partial charge in [0, 0.05) is 6.04 Å². The van der Waals surface area contributed by atoms with Gasteiger partial charge in [0.2, 0.25) is 11.8 Å². The molecule has 112 valence electrons. The highest BCUT2D eigenvalue weighted by Crippen LogP contribution is 2.38. The maximum absolute atomic E-state index is 13.0. The van der Waals surface area contributed by atoms with E-state index in [1.807, 2.05) is 4.90 Å². The molecule has 4 heteroatoms. The van der Waals surface area contributed by atoms with Crippen LogP contribution in [0.2, 0.25) is 0 Å². The topological polar surface area (TPSA) is 49.4 Å². The minimum atomic E-state index is -0.565. The van der Waals surface area contributed by atoms with Crippen LogP contribution in [0.15, 0.2) is 0 Å². The van der Waals surface area contributed by atoms with Gasteiger partial charge < -0.3 is 10.2 Å². The third-order valence-corrected chi connectivity index (χ3v) is 5.28. The molecule has 3 aliphatic rings. The summed E-state index contributed by atoms with van der Waals surface area (Å²) in [5, 5.41) is 3.03. The Bertz CT molecular complexity index is 397. The van der Waals surface area contributed by atoms with Crippen LogP contribution in [0.25, 0.3) is 0 Å². The van der Waals surface area contributed by atoms with Crippen molar-refractivity contribution in [1.82, 2.24) is 10.2 Å². The first-order chi connectivity index (χ1) is 9.64. The average Bonchev–Trinajstić information content (AvgIpc) is 3.25. The molecule has 0 radical (unpaired) electrons. The number of hydrogen-bond donors (Lipinski definition) is 1. The Morgan fingerprint density at radius 1 is 1.25 bits per heavy atom. The number of rotatable bonds is 4. The molecule has 1 spiro atoms. The Morgan fingerprint density at radius 2 is 1.95 bits per heavy atom. The summed E-state index contributed by atoms with van der Waals surface area (Å²) in [6.07, 6.45) is 9.60. The molecule has 3 fully saturated rings. The summed E-state index contributed by atoms with van der Waals surface area (Å²) in [6, 6.07) is 0.264. The second kappa shape index (κ2) is 5.38. The number of nitrogens with zero attached hydrogens (tertiary/aromatic N) is 1. The Kier molecular flexibility index (Phi) is 3.74. The molecular weight excluding hydrogens is 252 g/mol. The van der Waals surface area contributed by atoms with E-state index in [4.69, 9.17) is 0 Å². The molecule has 20 heavy (non-hydrogen) atoms. The smallest absolute Gasteiger partial charge is 0.249 e. The summed E-state index contributed by atoms with van der Waals surface area (Å²) < 4.78 is 0. The van der Waals surface area contributed by atoms with E-state index >= 15 is 0 Å². The Balaban J connectivity index is 1.78. The van der Waals surface area contributed by atoms with Crippen molar-refractivity contribution in [2.24, 2.45) is 5.92 Å². The van der Waals surface area contributed by atoms with E-state index in [1.165, 1.54) is 19.3 Å². The summed E-state index contributed by atoms with van der Waals surface area (Å²) >= 11 is 0. The van der Waals surface area contributed by atoms with Crippen molar-refractivity contribution in [3.8, 4) is 0 Å². The molecule has 2 saturated carbocycles. The minimum absolute atomic E-state index is 0.0424. The first-order valence-electron chi connectivity index (χ1n) is 8.27. The van der Waals surface area contributed by atoms with Gasteiger partial charge in [-0.1, -0.05) is 39.0 Å². The molecule has 0 bridgehead atoms. The van der Waals surface area contributed by atoms with Crippen LogP contribution < -0.4 is 5.32 Å². The van der Waals surface area contributed by atoms with Gasteiger partial charge >= 0.3 is 0 Å². The van der Waals surface area contributed by atoms with Gasteiger partial charge in [-0.2, -0.15) is 0 Å². The zero-order valence-electron chi connectivity index (χ0n) is 12.5. The highest BCUT2D eigenvalue weighted by Gasteiger charge is 2.48. The zero-order valence-corrected chi connectivity index (χ0v) is 12.5. The van der Waals surface area contributed by atoms with E-state index in [9.17, 15) is 9.59 Å². The molecule has 1 aliphatic heterocycles. The second-order valence-electron chi connectivity index (χ2n) is 6.87. The van der Waals surface area contributed by atoms with Crippen LogP contribution in [0.3, 0.4) is 0 Å². The fraction of sp³-hybridized carbons (Fsp3) is 0.875. The summed E-state index contributed by atoms with van der Waals surface area (Å²) in [5.41, 5.74) is -0.565. The highest BCUT2D eigenvalue weighted by atomic mass is 16.2. The lowest BCUT2D eigenvalue weighted by Gasteiger charge is -2.46. The van der Waals surface area contributed by atoms with Crippen molar-refractivity contribution < 1.29 is 9.59 Å². The van der Waals surface area contributed by atoms with E-state index < -0.39 is 5.54 Å². The van der Waals surface area contributed by atoms with Crippen LogP contribution in [0, 0.1) is 5.92 Å². The fourth-order valence-corrected chi connectivity index (χ4v) is 3.90. The summed E-state index contributed by atoms with van der Waals surface area (Å²) in [6.45, 7) is 2.41. The van der Waals surface area contributed by atoms with Gasteiger partial charge in [-0.15, -0.1) is 0 Å². The molecule has 2 amide bonds. The van der Waals surface area contributed by atoms with Crippen LogP contribution in [-0.4, -0.2) is 34.8 Å². The fourth-order valence-electron chi connectivity index (χ4n) is 3.90. The van der Waals surface area contributed by atoms with Gasteiger partial charge in [0.25, 0.3) is 0 Å². The average molecular weight is 278 g/mol. The number of carbonyl (C=O) groups is 2. The van der Waals surface area contributed by atoms with E-state index in [2.05, 4.69) is 12.2 Å². The highest BCUT2D eigenvalue weighted by molar-refractivity contribution is 5.98. The zero-order chi connectivity index (χ0) is 14.2. The maximum atomic E-state index is 13.0. The van der Waals surface area contributed by atoms with Crippen molar-refractivity contribution in [2.75, 3.05) is 6.54 Å². The minimum Gasteiger partial charge on any atom is -0.340 e. The van der Waals surface area contributed by atoms with Crippen molar-refractivity contribution in [1.29, 1.82) is 0 Å². The first kappa shape index (κ1) is 13.9.